The number of hydrogen-bond acceptors (Lipinski definition) is 3. The molecule has 0 spiro atoms. The lowest BCUT2D eigenvalue weighted by molar-refractivity contribution is 0.587. The van der Waals surface area contributed by atoms with E-state index in [0.29, 0.717) is 5.75 Å². The molecule has 2 heterocycles. The van der Waals surface area contributed by atoms with E-state index in [1.165, 1.54) is 0 Å². The van der Waals surface area contributed by atoms with E-state index in [-0.39, 0.29) is 0 Å². The summed E-state index contributed by atoms with van der Waals surface area (Å²) in [6.07, 6.45) is 0.858. The zero-order chi connectivity index (χ0) is 20.5. The van der Waals surface area contributed by atoms with Gasteiger partial charge in [-0.15, -0.1) is 0 Å². The maximum atomic E-state index is 13.6. The second-order valence-corrected chi connectivity index (χ2v) is 8.76. The summed E-state index contributed by atoms with van der Waals surface area (Å²) in [7, 11) is 0. The first-order chi connectivity index (χ1) is 14.7. The van der Waals surface area contributed by atoms with E-state index in [0.717, 1.165) is 57.8 Å². The SMILES string of the molecule is C=C1CCNc2c(cccc2-c2cc3ccccc3n2[S+]([O-])Cc2ccccc2)N1. The Labute approximate surface area is 179 Å². The molecule has 0 aliphatic carbocycles. The van der Waals surface area contributed by atoms with E-state index in [2.05, 4.69) is 41.5 Å². The van der Waals surface area contributed by atoms with Crippen molar-refractivity contribution in [2.75, 3.05) is 17.2 Å². The highest BCUT2D eigenvalue weighted by molar-refractivity contribution is 7.89. The van der Waals surface area contributed by atoms with Crippen molar-refractivity contribution >= 4 is 33.6 Å². The average molecular weight is 414 g/mol. The Morgan fingerprint density at radius 2 is 1.77 bits per heavy atom. The lowest BCUT2D eigenvalue weighted by Gasteiger charge is -2.18. The van der Waals surface area contributed by atoms with Crippen molar-refractivity contribution in [3.63, 3.8) is 0 Å². The van der Waals surface area contributed by atoms with Crippen molar-refractivity contribution in [3.05, 3.63) is 96.7 Å². The standard InChI is InChI=1S/C25H23N3OS/c1-18-14-15-26-25-21(11-7-12-22(25)27-18)24-16-20-10-5-6-13-23(20)28(24)30(29)17-19-8-3-2-4-9-19/h2-13,16,26-27H,1,14-15,17H2. The molecule has 30 heavy (non-hydrogen) atoms. The molecule has 0 saturated heterocycles. The Balaban J connectivity index is 1.67. The van der Waals surface area contributed by atoms with Gasteiger partial charge in [0, 0.05) is 35.2 Å². The summed E-state index contributed by atoms with van der Waals surface area (Å²) in [5.74, 6) is 0.462. The van der Waals surface area contributed by atoms with E-state index in [9.17, 15) is 4.55 Å². The fourth-order valence-corrected chi connectivity index (χ4v) is 5.33. The summed E-state index contributed by atoms with van der Waals surface area (Å²) in [5, 5.41) is 8.04. The Bertz CT molecular complexity index is 1220. The van der Waals surface area contributed by atoms with Crippen molar-refractivity contribution in [1.29, 1.82) is 0 Å². The minimum atomic E-state index is -1.25. The Morgan fingerprint density at radius 1 is 0.967 bits per heavy atom. The van der Waals surface area contributed by atoms with Crippen LogP contribution in [0, 0.1) is 0 Å². The first kappa shape index (κ1) is 18.9. The number of para-hydroxylation sites is 2. The molecule has 5 heteroatoms. The Hall–Kier alpha value is -3.15. The molecule has 1 aliphatic heterocycles. The third kappa shape index (κ3) is 3.47. The van der Waals surface area contributed by atoms with Gasteiger partial charge in [0.2, 0.25) is 0 Å². The molecule has 150 valence electrons. The van der Waals surface area contributed by atoms with Gasteiger partial charge in [0.25, 0.3) is 0 Å². The third-order valence-corrected chi connectivity index (χ3v) is 6.76. The second-order valence-electron chi connectivity index (χ2n) is 7.47. The molecule has 4 nitrogen and oxygen atoms in total. The molecule has 2 N–H and O–H groups in total. The fraction of sp³-hybridized carbons (Fsp3) is 0.120. The molecule has 0 fully saturated rings. The van der Waals surface area contributed by atoms with Gasteiger partial charge < -0.3 is 15.2 Å². The number of rotatable bonds is 4. The van der Waals surface area contributed by atoms with Crippen molar-refractivity contribution in [1.82, 2.24) is 3.97 Å². The van der Waals surface area contributed by atoms with E-state index in [1.807, 2.05) is 58.6 Å². The Kier molecular flexibility index (Phi) is 4.99. The van der Waals surface area contributed by atoms with Crippen LogP contribution in [0.15, 0.2) is 91.1 Å². The van der Waals surface area contributed by atoms with Crippen LogP contribution in [0.5, 0.6) is 0 Å². The highest BCUT2D eigenvalue weighted by Crippen LogP contribution is 2.39. The molecule has 0 bridgehead atoms. The number of nitrogens with one attached hydrogen (secondary N) is 2. The minimum absolute atomic E-state index is 0.462. The number of benzene rings is 3. The predicted molar refractivity (Wildman–Crippen MR) is 127 cm³/mol. The predicted octanol–water partition coefficient (Wildman–Crippen LogP) is 5.76. The maximum Gasteiger partial charge on any atom is 0.156 e. The van der Waals surface area contributed by atoms with Gasteiger partial charge >= 0.3 is 0 Å². The monoisotopic (exact) mass is 413 g/mol. The lowest BCUT2D eigenvalue weighted by atomic mass is 10.1. The topological polar surface area (TPSA) is 52.0 Å². The van der Waals surface area contributed by atoms with Crippen LogP contribution in [0.1, 0.15) is 12.0 Å². The number of nitrogens with zero attached hydrogens (tertiary/aromatic N) is 1. The molecule has 5 rings (SSSR count). The van der Waals surface area contributed by atoms with Gasteiger partial charge in [-0.05, 0) is 18.2 Å². The molecule has 4 aromatic rings. The molecule has 0 radical (unpaired) electrons. The summed E-state index contributed by atoms with van der Waals surface area (Å²) < 4.78 is 15.6. The summed E-state index contributed by atoms with van der Waals surface area (Å²) in [6, 6.07) is 26.4. The molecule has 0 saturated carbocycles. The third-order valence-electron chi connectivity index (χ3n) is 5.38. The number of aromatic nitrogens is 1. The van der Waals surface area contributed by atoms with Crippen LogP contribution in [-0.2, 0) is 17.1 Å². The van der Waals surface area contributed by atoms with Gasteiger partial charge in [-0.1, -0.05) is 67.2 Å². The first-order valence-corrected chi connectivity index (χ1v) is 11.3. The van der Waals surface area contributed by atoms with Gasteiger partial charge in [-0.2, -0.15) is 3.97 Å². The van der Waals surface area contributed by atoms with Crippen LogP contribution >= 0.6 is 0 Å². The largest absolute Gasteiger partial charge is 0.592 e. The molecule has 1 unspecified atom stereocenters. The molecular weight excluding hydrogens is 390 g/mol. The summed E-state index contributed by atoms with van der Waals surface area (Å²) >= 11 is -1.25. The van der Waals surface area contributed by atoms with Crippen molar-refractivity contribution < 1.29 is 4.55 Å². The van der Waals surface area contributed by atoms with Gasteiger partial charge in [0.1, 0.15) is 5.69 Å². The summed E-state index contributed by atoms with van der Waals surface area (Å²) in [6.45, 7) is 4.91. The zero-order valence-corrected chi connectivity index (χ0v) is 17.4. The maximum absolute atomic E-state index is 13.6. The van der Waals surface area contributed by atoms with Crippen molar-refractivity contribution in [2.45, 2.75) is 12.2 Å². The van der Waals surface area contributed by atoms with Crippen molar-refractivity contribution in [3.8, 4) is 11.3 Å². The Morgan fingerprint density at radius 3 is 2.63 bits per heavy atom. The smallest absolute Gasteiger partial charge is 0.156 e. The average Bonchev–Trinajstić information content (AvgIpc) is 3.04. The van der Waals surface area contributed by atoms with Crippen molar-refractivity contribution in [2.24, 2.45) is 0 Å². The van der Waals surface area contributed by atoms with Crippen LogP contribution in [0.25, 0.3) is 22.2 Å². The number of anilines is 2. The normalized spacial score (nSPS) is 14.5. The van der Waals surface area contributed by atoms with Crippen LogP contribution in [0.3, 0.4) is 0 Å². The zero-order valence-electron chi connectivity index (χ0n) is 16.6. The molecule has 3 aromatic carbocycles. The fourth-order valence-electron chi connectivity index (χ4n) is 3.97. The second kappa shape index (κ2) is 7.94. The van der Waals surface area contributed by atoms with E-state index in [1.54, 1.807) is 0 Å². The van der Waals surface area contributed by atoms with Gasteiger partial charge in [0.15, 0.2) is 5.75 Å². The van der Waals surface area contributed by atoms with Gasteiger partial charge in [-0.3, -0.25) is 0 Å². The van der Waals surface area contributed by atoms with E-state index >= 15 is 0 Å². The molecular formula is C25H23N3OS. The molecule has 0 amide bonds. The number of fused-ring (bicyclic) bond motifs is 2. The number of hydrogen-bond donors (Lipinski definition) is 2. The highest BCUT2D eigenvalue weighted by atomic mass is 32.2. The van der Waals surface area contributed by atoms with Crippen LogP contribution in [0.2, 0.25) is 0 Å². The van der Waals surface area contributed by atoms with Crippen LogP contribution in [0.4, 0.5) is 11.4 Å². The molecule has 1 atom stereocenters. The molecule has 1 aliphatic rings. The highest BCUT2D eigenvalue weighted by Gasteiger charge is 2.24. The minimum Gasteiger partial charge on any atom is -0.592 e. The van der Waals surface area contributed by atoms with E-state index in [4.69, 9.17) is 0 Å². The quantitative estimate of drug-likeness (QED) is 0.418. The van der Waals surface area contributed by atoms with E-state index < -0.39 is 11.4 Å². The van der Waals surface area contributed by atoms with Gasteiger partial charge in [0.05, 0.1) is 28.3 Å². The summed E-state index contributed by atoms with van der Waals surface area (Å²) in [5.41, 5.74) is 7.04. The van der Waals surface area contributed by atoms with Gasteiger partial charge in [-0.25, -0.2) is 0 Å². The first-order valence-electron chi connectivity index (χ1n) is 10.1. The van der Waals surface area contributed by atoms with Crippen LogP contribution in [-0.4, -0.2) is 15.1 Å². The molecule has 1 aromatic heterocycles. The summed E-state index contributed by atoms with van der Waals surface area (Å²) in [4.78, 5) is 0. The van der Waals surface area contributed by atoms with Crippen LogP contribution < -0.4 is 10.6 Å². The lowest BCUT2D eigenvalue weighted by Crippen LogP contribution is -2.16.